The number of carbonyl (C=O) groups excluding carboxylic acids is 1. The number of nitrogens with zero attached hydrogens (tertiary/aromatic N) is 1. The van der Waals surface area contributed by atoms with Gasteiger partial charge < -0.3 is 10.1 Å². The molecule has 0 aliphatic heterocycles. The van der Waals surface area contributed by atoms with Crippen molar-refractivity contribution in [3.63, 3.8) is 0 Å². The van der Waals surface area contributed by atoms with E-state index < -0.39 is 9.84 Å². The van der Waals surface area contributed by atoms with Gasteiger partial charge in [0.2, 0.25) is 5.91 Å². The van der Waals surface area contributed by atoms with Crippen LogP contribution in [0.5, 0.6) is 5.75 Å². The fraction of sp³-hybridized carbons (Fsp3) is 0.238. The Balaban J connectivity index is 1.68. The number of hydrogen-bond acceptors (Lipinski definition) is 6. The second-order valence-corrected chi connectivity index (χ2v) is 9.91. The number of sulfone groups is 1. The van der Waals surface area contributed by atoms with E-state index >= 15 is 0 Å². The smallest absolute Gasteiger partial charge is 0.230 e. The third-order valence-corrected chi connectivity index (χ3v) is 7.07. The summed E-state index contributed by atoms with van der Waals surface area (Å²) in [5.41, 5.74) is 2.51. The zero-order valence-electron chi connectivity index (χ0n) is 16.4. The maximum absolute atomic E-state index is 12.4. The summed E-state index contributed by atoms with van der Waals surface area (Å²) in [6.45, 7) is 3.56. The maximum atomic E-state index is 12.4. The third-order valence-electron chi connectivity index (χ3n) is 4.43. The van der Waals surface area contributed by atoms with Crippen LogP contribution in [0.4, 0.5) is 5.13 Å². The van der Waals surface area contributed by atoms with Gasteiger partial charge in [0.15, 0.2) is 15.0 Å². The Morgan fingerprint density at radius 3 is 2.34 bits per heavy atom. The summed E-state index contributed by atoms with van der Waals surface area (Å²) in [7, 11) is -1.62. The normalized spacial score (nSPS) is 11.3. The molecule has 0 fully saturated rings. The Hall–Kier alpha value is -2.71. The lowest BCUT2D eigenvalue weighted by atomic mass is 10.1. The first-order valence-electron chi connectivity index (χ1n) is 9.06. The van der Waals surface area contributed by atoms with Crippen LogP contribution < -0.4 is 10.1 Å². The minimum absolute atomic E-state index is 0.0484. The highest BCUT2D eigenvalue weighted by Crippen LogP contribution is 2.31. The number of aryl methyl sites for hydroxylation is 1. The SMILES string of the molecule is CCS(=O)(=O)c1ccc(CC(=O)Nc2nc(-c3ccc(OC)cc3)c(C)s2)cc1. The molecule has 1 N–H and O–H groups in total. The first-order valence-corrected chi connectivity index (χ1v) is 11.5. The largest absolute Gasteiger partial charge is 0.497 e. The molecule has 3 aromatic rings. The van der Waals surface area contributed by atoms with Gasteiger partial charge in [-0.25, -0.2) is 13.4 Å². The maximum Gasteiger partial charge on any atom is 0.230 e. The number of methoxy groups -OCH3 is 1. The number of carbonyl (C=O) groups is 1. The van der Waals surface area contributed by atoms with Crippen LogP contribution in [0.15, 0.2) is 53.4 Å². The van der Waals surface area contributed by atoms with Crippen LogP contribution in [-0.4, -0.2) is 32.2 Å². The van der Waals surface area contributed by atoms with Gasteiger partial charge in [-0.3, -0.25) is 4.79 Å². The molecule has 1 heterocycles. The van der Waals surface area contributed by atoms with Crippen LogP contribution in [0.2, 0.25) is 0 Å². The van der Waals surface area contributed by atoms with E-state index in [0.717, 1.165) is 27.4 Å². The van der Waals surface area contributed by atoms with E-state index in [9.17, 15) is 13.2 Å². The summed E-state index contributed by atoms with van der Waals surface area (Å²) in [5, 5.41) is 3.36. The number of hydrogen-bond donors (Lipinski definition) is 1. The Morgan fingerprint density at radius 2 is 1.76 bits per heavy atom. The van der Waals surface area contributed by atoms with Crippen LogP contribution in [0.25, 0.3) is 11.3 Å². The molecule has 0 saturated carbocycles. The van der Waals surface area contributed by atoms with E-state index in [4.69, 9.17) is 4.74 Å². The molecule has 8 heteroatoms. The highest BCUT2D eigenvalue weighted by molar-refractivity contribution is 7.91. The van der Waals surface area contributed by atoms with Gasteiger partial charge in [0, 0.05) is 10.4 Å². The molecule has 0 bridgehead atoms. The lowest BCUT2D eigenvalue weighted by Gasteiger charge is -2.05. The number of amides is 1. The summed E-state index contributed by atoms with van der Waals surface area (Å²) < 4.78 is 28.9. The molecule has 6 nitrogen and oxygen atoms in total. The van der Waals surface area contributed by atoms with E-state index in [1.807, 2.05) is 31.2 Å². The molecule has 1 amide bonds. The van der Waals surface area contributed by atoms with Gasteiger partial charge in [-0.05, 0) is 48.9 Å². The first-order chi connectivity index (χ1) is 13.8. The predicted molar refractivity (Wildman–Crippen MR) is 115 cm³/mol. The minimum Gasteiger partial charge on any atom is -0.497 e. The monoisotopic (exact) mass is 430 g/mol. The number of ether oxygens (including phenoxy) is 1. The van der Waals surface area contributed by atoms with Crippen molar-refractivity contribution in [2.45, 2.75) is 25.2 Å². The number of anilines is 1. The van der Waals surface area contributed by atoms with E-state index in [1.54, 1.807) is 26.2 Å². The lowest BCUT2D eigenvalue weighted by Crippen LogP contribution is -2.14. The van der Waals surface area contributed by atoms with Crippen LogP contribution in [0.3, 0.4) is 0 Å². The molecule has 1 aromatic heterocycles. The molecule has 0 radical (unpaired) electrons. The first kappa shape index (κ1) is 21.0. The second kappa shape index (κ2) is 8.75. The summed E-state index contributed by atoms with van der Waals surface area (Å²) >= 11 is 1.41. The summed E-state index contributed by atoms with van der Waals surface area (Å²) in [6, 6.07) is 14.0. The Kier molecular flexibility index (Phi) is 6.34. The van der Waals surface area contributed by atoms with E-state index in [0.29, 0.717) is 5.13 Å². The van der Waals surface area contributed by atoms with E-state index in [-0.39, 0.29) is 23.0 Å². The average Bonchev–Trinajstić information content (AvgIpc) is 3.08. The molecular formula is C21H22N2O4S2. The van der Waals surface area contributed by atoms with Gasteiger partial charge in [0.25, 0.3) is 0 Å². The highest BCUT2D eigenvalue weighted by atomic mass is 32.2. The fourth-order valence-corrected chi connectivity index (χ4v) is 4.53. The molecule has 0 unspecified atom stereocenters. The predicted octanol–water partition coefficient (Wildman–Crippen LogP) is 4.10. The number of rotatable bonds is 7. The molecule has 3 rings (SSSR count). The highest BCUT2D eigenvalue weighted by Gasteiger charge is 2.14. The summed E-state index contributed by atoms with van der Waals surface area (Å²) in [5.74, 6) is 0.617. The molecule has 0 aliphatic carbocycles. The molecule has 152 valence electrons. The number of benzene rings is 2. The van der Waals surface area contributed by atoms with Gasteiger partial charge in [-0.2, -0.15) is 0 Å². The zero-order chi connectivity index (χ0) is 21.0. The van der Waals surface area contributed by atoms with Crippen molar-refractivity contribution in [1.29, 1.82) is 0 Å². The molecule has 0 aliphatic rings. The number of nitrogens with one attached hydrogen (secondary N) is 1. The van der Waals surface area contributed by atoms with Crippen LogP contribution in [0, 0.1) is 6.92 Å². The van der Waals surface area contributed by atoms with E-state index in [1.165, 1.54) is 23.5 Å². The van der Waals surface area contributed by atoms with Crippen molar-refractivity contribution in [2.75, 3.05) is 18.2 Å². The Labute approximate surface area is 174 Å². The molecule has 0 atom stereocenters. The van der Waals surface area contributed by atoms with Gasteiger partial charge in [0.1, 0.15) is 5.75 Å². The van der Waals surface area contributed by atoms with Crippen LogP contribution in [-0.2, 0) is 21.1 Å². The Bertz CT molecular complexity index is 1100. The van der Waals surface area contributed by atoms with Crippen LogP contribution in [0.1, 0.15) is 17.4 Å². The summed E-state index contributed by atoms with van der Waals surface area (Å²) in [4.78, 5) is 18.2. The molecule has 2 aromatic carbocycles. The number of aromatic nitrogens is 1. The quantitative estimate of drug-likeness (QED) is 0.610. The fourth-order valence-electron chi connectivity index (χ4n) is 2.80. The topological polar surface area (TPSA) is 85.4 Å². The lowest BCUT2D eigenvalue weighted by molar-refractivity contribution is -0.115. The van der Waals surface area contributed by atoms with Crippen molar-refractivity contribution >= 4 is 32.2 Å². The standard InChI is InChI=1S/C21H22N2O4S2/c1-4-29(25,26)18-11-5-15(6-12-18)13-19(24)22-21-23-20(14(2)28-21)16-7-9-17(27-3)10-8-16/h5-12H,4,13H2,1-3H3,(H,22,23,24). The third kappa shape index (κ3) is 5.02. The average molecular weight is 431 g/mol. The molecule has 0 saturated heterocycles. The van der Waals surface area contributed by atoms with Gasteiger partial charge in [-0.15, -0.1) is 11.3 Å². The van der Waals surface area contributed by atoms with Gasteiger partial charge in [0.05, 0.1) is 29.9 Å². The van der Waals surface area contributed by atoms with Crippen molar-refractivity contribution in [2.24, 2.45) is 0 Å². The zero-order valence-corrected chi connectivity index (χ0v) is 18.1. The van der Waals surface area contributed by atoms with Gasteiger partial charge >= 0.3 is 0 Å². The molecule has 0 spiro atoms. The van der Waals surface area contributed by atoms with E-state index in [2.05, 4.69) is 10.3 Å². The Morgan fingerprint density at radius 1 is 1.10 bits per heavy atom. The summed E-state index contributed by atoms with van der Waals surface area (Å²) in [6.07, 6.45) is 0.142. The van der Waals surface area contributed by atoms with Crippen LogP contribution >= 0.6 is 11.3 Å². The van der Waals surface area contributed by atoms with Gasteiger partial charge in [-0.1, -0.05) is 19.1 Å². The van der Waals surface area contributed by atoms with Crippen molar-refractivity contribution in [1.82, 2.24) is 4.98 Å². The number of thiazole rings is 1. The molecule has 29 heavy (non-hydrogen) atoms. The molecular weight excluding hydrogens is 408 g/mol. The van der Waals surface area contributed by atoms with Crippen molar-refractivity contribution in [3.05, 3.63) is 59.0 Å². The second-order valence-electron chi connectivity index (χ2n) is 6.42. The van der Waals surface area contributed by atoms with Crippen molar-refractivity contribution < 1.29 is 17.9 Å². The van der Waals surface area contributed by atoms with Crippen molar-refractivity contribution in [3.8, 4) is 17.0 Å². The minimum atomic E-state index is -3.24.